The Labute approximate surface area is 79.1 Å². The van der Waals surface area contributed by atoms with Crippen LogP contribution in [0.5, 0.6) is 0 Å². The second-order valence-electron chi connectivity index (χ2n) is 2.47. The highest BCUT2D eigenvalue weighted by Gasteiger charge is 2.14. The molecule has 0 N–H and O–H groups in total. The van der Waals surface area contributed by atoms with Gasteiger partial charge in [0.15, 0.2) is 0 Å². The van der Waals surface area contributed by atoms with E-state index in [2.05, 4.69) is 0 Å². The Morgan fingerprint density at radius 3 is 1.90 bits per heavy atom. The summed E-state index contributed by atoms with van der Waals surface area (Å²) in [6.45, 7) is 2.03. The van der Waals surface area contributed by atoms with Crippen molar-refractivity contribution >= 4 is 35.6 Å². The van der Waals surface area contributed by atoms with Gasteiger partial charge >= 0.3 is 0 Å². The van der Waals surface area contributed by atoms with Crippen LogP contribution in [0, 0.1) is 5.92 Å². The van der Waals surface area contributed by atoms with Crippen LogP contribution in [0.25, 0.3) is 0 Å². The molecule has 0 aromatic rings. The van der Waals surface area contributed by atoms with Gasteiger partial charge in [0.25, 0.3) is 0 Å². The normalized spacial score (nSPS) is 16.2. The van der Waals surface area contributed by atoms with Crippen LogP contribution >= 0.6 is 35.6 Å². The zero-order valence-corrected chi connectivity index (χ0v) is 8.80. The molecule has 0 saturated heterocycles. The Morgan fingerprint density at radius 1 is 1.40 bits per heavy atom. The topological polar surface area (TPSA) is 3.24 Å². The number of nitrogens with zero attached hydrogens (tertiary/aromatic N) is 1. The second kappa shape index (κ2) is 6.53. The van der Waals surface area contributed by atoms with Crippen molar-refractivity contribution in [3.8, 4) is 0 Å². The van der Waals surface area contributed by atoms with Gasteiger partial charge < -0.3 is 0 Å². The lowest BCUT2D eigenvalue weighted by Crippen LogP contribution is -2.29. The number of halogens is 3. The first-order valence-electron chi connectivity index (χ1n) is 2.96. The monoisotopic (exact) mass is 205 g/mol. The van der Waals surface area contributed by atoms with Gasteiger partial charge in [-0.15, -0.1) is 35.6 Å². The van der Waals surface area contributed by atoms with E-state index in [4.69, 9.17) is 23.2 Å². The minimum Gasteiger partial charge on any atom is -0.293 e. The minimum absolute atomic E-state index is 0. The second-order valence-corrected chi connectivity index (χ2v) is 3.22. The van der Waals surface area contributed by atoms with Crippen LogP contribution in [0.2, 0.25) is 0 Å². The van der Waals surface area contributed by atoms with Gasteiger partial charge in [-0.3, -0.25) is 4.90 Å². The van der Waals surface area contributed by atoms with Gasteiger partial charge in [-0.1, -0.05) is 6.92 Å². The van der Waals surface area contributed by atoms with Crippen LogP contribution in [0.1, 0.15) is 6.92 Å². The first kappa shape index (κ1) is 13.4. The lowest BCUT2D eigenvalue weighted by Gasteiger charge is -2.21. The summed E-state index contributed by atoms with van der Waals surface area (Å²) in [6, 6.07) is 0. The quantitative estimate of drug-likeness (QED) is 0.506. The van der Waals surface area contributed by atoms with Gasteiger partial charge in [0.2, 0.25) is 0 Å². The standard InChI is InChI=1S/C6H13Cl2N.ClH/c1-5(4-7)6(8)9(2)3;/h5-6H,4H2,1-3H3;1H. The summed E-state index contributed by atoms with van der Waals surface area (Å²) in [4.78, 5) is 1.95. The van der Waals surface area contributed by atoms with E-state index in [-0.39, 0.29) is 17.9 Å². The summed E-state index contributed by atoms with van der Waals surface area (Å²) < 4.78 is 0. The van der Waals surface area contributed by atoms with Crippen molar-refractivity contribution in [3.63, 3.8) is 0 Å². The number of hydrogen-bond acceptors (Lipinski definition) is 1. The predicted molar refractivity (Wildman–Crippen MR) is 50.5 cm³/mol. The van der Waals surface area contributed by atoms with Gasteiger partial charge in [0.1, 0.15) is 0 Å². The fourth-order valence-electron chi connectivity index (χ4n) is 0.582. The van der Waals surface area contributed by atoms with E-state index in [0.29, 0.717) is 11.8 Å². The van der Waals surface area contributed by atoms with Crippen LogP contribution < -0.4 is 0 Å². The fraction of sp³-hybridized carbons (Fsp3) is 1.00. The molecule has 4 heteroatoms. The van der Waals surface area contributed by atoms with E-state index >= 15 is 0 Å². The van der Waals surface area contributed by atoms with Gasteiger partial charge in [-0.05, 0) is 20.0 Å². The molecule has 0 heterocycles. The number of rotatable bonds is 3. The molecule has 0 bridgehead atoms. The average molecular weight is 207 g/mol. The summed E-state index contributed by atoms with van der Waals surface area (Å²) >= 11 is 11.5. The lowest BCUT2D eigenvalue weighted by atomic mass is 10.2. The molecule has 0 aliphatic heterocycles. The number of hydrogen-bond donors (Lipinski definition) is 0. The SMILES string of the molecule is CC(CCl)C(Cl)N(C)C.Cl. The van der Waals surface area contributed by atoms with Crippen molar-refractivity contribution < 1.29 is 0 Å². The van der Waals surface area contributed by atoms with E-state index < -0.39 is 0 Å². The Balaban J connectivity index is 0. The van der Waals surface area contributed by atoms with Crippen molar-refractivity contribution in [1.29, 1.82) is 0 Å². The van der Waals surface area contributed by atoms with E-state index in [9.17, 15) is 0 Å². The molecule has 0 fully saturated rings. The van der Waals surface area contributed by atoms with Crippen LogP contribution in [-0.2, 0) is 0 Å². The van der Waals surface area contributed by atoms with E-state index in [0.717, 1.165) is 0 Å². The molecule has 0 radical (unpaired) electrons. The Kier molecular flexibility index (Phi) is 8.77. The molecule has 0 aliphatic carbocycles. The van der Waals surface area contributed by atoms with Crippen molar-refractivity contribution in [2.45, 2.75) is 12.4 Å². The molecular formula is C6H14Cl3N. The smallest absolute Gasteiger partial charge is 0.0882 e. The van der Waals surface area contributed by atoms with Gasteiger partial charge in [0, 0.05) is 5.88 Å². The van der Waals surface area contributed by atoms with E-state index in [1.165, 1.54) is 0 Å². The third kappa shape index (κ3) is 4.62. The van der Waals surface area contributed by atoms with Gasteiger partial charge in [0.05, 0.1) is 5.50 Å². The maximum Gasteiger partial charge on any atom is 0.0882 e. The molecule has 0 aliphatic rings. The summed E-state index contributed by atoms with van der Waals surface area (Å²) in [5.41, 5.74) is 0.0579. The van der Waals surface area contributed by atoms with Gasteiger partial charge in [-0.25, -0.2) is 0 Å². The Bertz CT molecular complexity index is 77.4. The molecular weight excluding hydrogens is 192 g/mol. The molecule has 2 unspecified atom stereocenters. The van der Waals surface area contributed by atoms with Crippen molar-refractivity contribution in [2.24, 2.45) is 5.92 Å². The van der Waals surface area contributed by atoms with E-state index in [1.807, 2.05) is 25.9 Å². The molecule has 0 spiro atoms. The lowest BCUT2D eigenvalue weighted by molar-refractivity contribution is 0.315. The maximum atomic E-state index is 5.91. The summed E-state index contributed by atoms with van der Waals surface area (Å²) in [6.07, 6.45) is 0. The first-order chi connectivity index (χ1) is 4.09. The highest BCUT2D eigenvalue weighted by atomic mass is 35.5. The van der Waals surface area contributed by atoms with Crippen molar-refractivity contribution in [3.05, 3.63) is 0 Å². The molecule has 1 nitrogen and oxygen atoms in total. The third-order valence-electron chi connectivity index (χ3n) is 1.21. The maximum absolute atomic E-state index is 5.91. The summed E-state index contributed by atoms with van der Waals surface area (Å²) in [7, 11) is 3.89. The van der Waals surface area contributed by atoms with Crippen LogP contribution in [0.15, 0.2) is 0 Å². The zero-order chi connectivity index (χ0) is 7.44. The Morgan fingerprint density at radius 2 is 1.80 bits per heavy atom. The van der Waals surface area contributed by atoms with Gasteiger partial charge in [-0.2, -0.15) is 0 Å². The molecule has 10 heavy (non-hydrogen) atoms. The Hall–Kier alpha value is 0.830. The van der Waals surface area contributed by atoms with Crippen molar-refractivity contribution in [2.75, 3.05) is 20.0 Å². The van der Waals surface area contributed by atoms with E-state index in [1.54, 1.807) is 0 Å². The molecule has 64 valence electrons. The molecule has 0 aromatic carbocycles. The van der Waals surface area contributed by atoms with Crippen LogP contribution in [-0.4, -0.2) is 30.4 Å². The zero-order valence-electron chi connectivity index (χ0n) is 6.47. The summed E-state index contributed by atoms with van der Waals surface area (Å²) in [5, 5.41) is 0. The third-order valence-corrected chi connectivity index (χ3v) is 2.51. The first-order valence-corrected chi connectivity index (χ1v) is 3.93. The minimum atomic E-state index is 0. The number of alkyl halides is 2. The molecule has 0 saturated carbocycles. The predicted octanol–water partition coefficient (Wildman–Crippen LogP) is 2.41. The summed E-state index contributed by atoms with van der Waals surface area (Å²) in [5.74, 6) is 0.968. The van der Waals surface area contributed by atoms with Crippen molar-refractivity contribution in [1.82, 2.24) is 4.90 Å². The molecule has 2 atom stereocenters. The fourth-order valence-corrected chi connectivity index (χ4v) is 0.932. The van der Waals surface area contributed by atoms with Crippen LogP contribution in [0.3, 0.4) is 0 Å². The average Bonchev–Trinajstić information content (AvgIpc) is 1.84. The molecule has 0 amide bonds. The van der Waals surface area contributed by atoms with Crippen LogP contribution in [0.4, 0.5) is 0 Å². The highest BCUT2D eigenvalue weighted by molar-refractivity contribution is 6.22. The largest absolute Gasteiger partial charge is 0.293 e. The molecule has 0 rings (SSSR count). The highest BCUT2D eigenvalue weighted by Crippen LogP contribution is 2.13. The molecule has 0 aromatic heterocycles.